The molecule has 4 N–H and O–H groups in total. The van der Waals surface area contributed by atoms with E-state index in [1.807, 2.05) is 36.6 Å². The summed E-state index contributed by atoms with van der Waals surface area (Å²) in [7, 11) is 0. The van der Waals surface area contributed by atoms with Crippen LogP contribution in [0.15, 0.2) is 30.3 Å². The van der Waals surface area contributed by atoms with Crippen molar-refractivity contribution in [3.63, 3.8) is 0 Å². The molecule has 0 aromatic heterocycles. The molecule has 0 unspecified atom stereocenters. The van der Waals surface area contributed by atoms with Crippen molar-refractivity contribution in [1.82, 2.24) is 4.90 Å². The number of nitrogens with two attached hydrogens (primary N) is 2. The molecule has 5 nitrogen and oxygen atoms in total. The van der Waals surface area contributed by atoms with E-state index < -0.39 is 11.9 Å². The number of carbonyl (C=O) groups is 2. The van der Waals surface area contributed by atoms with Crippen LogP contribution in [0.25, 0.3) is 0 Å². The third-order valence-corrected chi connectivity index (χ3v) is 3.75. The highest BCUT2D eigenvalue weighted by atomic mass is 32.2. The van der Waals surface area contributed by atoms with Gasteiger partial charge in [0.2, 0.25) is 11.8 Å². The lowest BCUT2D eigenvalue weighted by Gasteiger charge is -2.25. The Kier molecular flexibility index (Phi) is 7.85. The van der Waals surface area contributed by atoms with E-state index in [4.69, 9.17) is 11.5 Å². The van der Waals surface area contributed by atoms with Crippen LogP contribution in [0.3, 0.4) is 0 Å². The van der Waals surface area contributed by atoms with Crippen LogP contribution in [0, 0.1) is 0 Å². The van der Waals surface area contributed by atoms with Crippen molar-refractivity contribution in [2.75, 3.05) is 18.6 Å². The monoisotopic (exact) mass is 309 g/mol. The number of hydrogen-bond donors (Lipinski definition) is 2. The third kappa shape index (κ3) is 6.64. The molecule has 1 rings (SSSR count). The van der Waals surface area contributed by atoms with Crippen LogP contribution < -0.4 is 11.5 Å². The molecule has 0 aliphatic heterocycles. The molecule has 1 aromatic rings. The van der Waals surface area contributed by atoms with Crippen LogP contribution in [0.5, 0.6) is 0 Å². The van der Waals surface area contributed by atoms with E-state index >= 15 is 0 Å². The lowest BCUT2D eigenvalue weighted by atomic mass is 10.1. The van der Waals surface area contributed by atoms with Gasteiger partial charge in [-0.15, -0.1) is 0 Å². The van der Waals surface area contributed by atoms with Crippen molar-refractivity contribution >= 4 is 23.6 Å². The number of nitrogens with zero attached hydrogens (tertiary/aromatic N) is 1. The molecule has 0 fully saturated rings. The van der Waals surface area contributed by atoms with Gasteiger partial charge in [-0.25, -0.2) is 0 Å². The van der Waals surface area contributed by atoms with Crippen LogP contribution in [0.4, 0.5) is 0 Å². The Balaban J connectivity index is 2.71. The molecular weight excluding hydrogens is 286 g/mol. The fraction of sp³-hybridized carbons (Fsp3) is 0.467. The van der Waals surface area contributed by atoms with Gasteiger partial charge in [-0.05, 0) is 24.0 Å². The first-order valence-electron chi connectivity index (χ1n) is 6.90. The molecule has 21 heavy (non-hydrogen) atoms. The minimum absolute atomic E-state index is 0.130. The van der Waals surface area contributed by atoms with E-state index in [9.17, 15) is 9.59 Å². The standard InChI is InChI=1S/C15H23N3O2S/c1-21-10-8-13(16)15(20)18(9-7-14(17)19)11-12-5-3-2-4-6-12/h2-6,13H,7-11,16H2,1H3,(H2,17,19)/t13-/m0/s1. The molecule has 6 heteroatoms. The molecule has 0 saturated heterocycles. The van der Waals surface area contributed by atoms with Gasteiger partial charge in [0.25, 0.3) is 0 Å². The summed E-state index contributed by atoms with van der Waals surface area (Å²) in [6.45, 7) is 0.746. The number of thioether (sulfide) groups is 1. The van der Waals surface area contributed by atoms with E-state index in [-0.39, 0.29) is 12.3 Å². The summed E-state index contributed by atoms with van der Waals surface area (Å²) in [5.41, 5.74) is 12.1. The third-order valence-electron chi connectivity index (χ3n) is 3.11. The smallest absolute Gasteiger partial charge is 0.239 e. The summed E-state index contributed by atoms with van der Waals surface area (Å²) in [5.74, 6) is 0.287. The Labute approximate surface area is 130 Å². The summed E-state index contributed by atoms with van der Waals surface area (Å²) in [5, 5.41) is 0. The summed E-state index contributed by atoms with van der Waals surface area (Å²) >= 11 is 1.66. The molecule has 116 valence electrons. The predicted molar refractivity (Wildman–Crippen MR) is 86.6 cm³/mol. The van der Waals surface area contributed by atoms with E-state index in [0.29, 0.717) is 19.5 Å². The first kappa shape index (κ1) is 17.5. The normalized spacial score (nSPS) is 11.9. The first-order valence-corrected chi connectivity index (χ1v) is 8.29. The van der Waals surface area contributed by atoms with Crippen molar-refractivity contribution in [3.05, 3.63) is 35.9 Å². The van der Waals surface area contributed by atoms with Gasteiger partial charge in [-0.1, -0.05) is 30.3 Å². The molecule has 0 radical (unpaired) electrons. The molecular formula is C15H23N3O2S. The summed E-state index contributed by atoms with van der Waals surface area (Å²) in [4.78, 5) is 25.0. The number of hydrogen-bond acceptors (Lipinski definition) is 4. The summed E-state index contributed by atoms with van der Waals surface area (Å²) in [6.07, 6.45) is 2.75. The van der Waals surface area contributed by atoms with Crippen LogP contribution in [-0.4, -0.2) is 41.3 Å². The van der Waals surface area contributed by atoms with Crippen molar-refractivity contribution < 1.29 is 9.59 Å². The molecule has 0 aliphatic rings. The number of amides is 2. The molecule has 1 aromatic carbocycles. The number of benzene rings is 1. The minimum atomic E-state index is -0.533. The zero-order chi connectivity index (χ0) is 15.7. The molecule has 0 spiro atoms. The zero-order valence-electron chi connectivity index (χ0n) is 12.3. The average molecular weight is 309 g/mol. The Morgan fingerprint density at radius 1 is 1.29 bits per heavy atom. The maximum Gasteiger partial charge on any atom is 0.239 e. The number of carbonyl (C=O) groups excluding carboxylic acids is 2. The molecule has 0 saturated carbocycles. The van der Waals surface area contributed by atoms with Gasteiger partial charge in [-0.2, -0.15) is 11.8 Å². The van der Waals surface area contributed by atoms with Crippen LogP contribution in [-0.2, 0) is 16.1 Å². The molecule has 0 bridgehead atoms. The largest absolute Gasteiger partial charge is 0.370 e. The first-order chi connectivity index (χ1) is 10.0. The van der Waals surface area contributed by atoms with E-state index in [1.54, 1.807) is 16.7 Å². The van der Waals surface area contributed by atoms with Crippen molar-refractivity contribution in [3.8, 4) is 0 Å². The second kappa shape index (κ2) is 9.41. The highest BCUT2D eigenvalue weighted by Gasteiger charge is 2.21. The lowest BCUT2D eigenvalue weighted by Crippen LogP contribution is -2.44. The SMILES string of the molecule is CSCC[C@H](N)C(=O)N(CCC(N)=O)Cc1ccccc1. The van der Waals surface area contributed by atoms with Gasteiger partial charge in [0.15, 0.2) is 0 Å². The van der Waals surface area contributed by atoms with Crippen LogP contribution >= 0.6 is 11.8 Å². The van der Waals surface area contributed by atoms with Gasteiger partial charge in [-0.3, -0.25) is 9.59 Å². The van der Waals surface area contributed by atoms with E-state index in [0.717, 1.165) is 11.3 Å². The van der Waals surface area contributed by atoms with Crippen molar-refractivity contribution in [2.45, 2.75) is 25.4 Å². The van der Waals surface area contributed by atoms with Gasteiger partial charge < -0.3 is 16.4 Å². The lowest BCUT2D eigenvalue weighted by molar-refractivity contribution is -0.133. The Hall–Kier alpha value is -1.53. The van der Waals surface area contributed by atoms with Gasteiger partial charge >= 0.3 is 0 Å². The topological polar surface area (TPSA) is 89.4 Å². The Morgan fingerprint density at radius 2 is 1.95 bits per heavy atom. The average Bonchev–Trinajstić information content (AvgIpc) is 2.49. The molecule has 0 heterocycles. The van der Waals surface area contributed by atoms with Crippen molar-refractivity contribution in [1.29, 1.82) is 0 Å². The quantitative estimate of drug-likeness (QED) is 0.711. The van der Waals surface area contributed by atoms with Crippen LogP contribution in [0.1, 0.15) is 18.4 Å². The maximum atomic E-state index is 12.4. The second-order valence-electron chi connectivity index (χ2n) is 4.85. The molecule has 0 aliphatic carbocycles. The number of rotatable bonds is 9. The minimum Gasteiger partial charge on any atom is -0.370 e. The van der Waals surface area contributed by atoms with Crippen molar-refractivity contribution in [2.24, 2.45) is 11.5 Å². The Morgan fingerprint density at radius 3 is 2.52 bits per heavy atom. The molecule has 2 amide bonds. The fourth-order valence-electron chi connectivity index (χ4n) is 1.92. The second-order valence-corrected chi connectivity index (χ2v) is 5.84. The van der Waals surface area contributed by atoms with E-state index in [1.165, 1.54) is 0 Å². The fourth-order valence-corrected chi connectivity index (χ4v) is 2.41. The van der Waals surface area contributed by atoms with Gasteiger partial charge in [0, 0.05) is 19.5 Å². The van der Waals surface area contributed by atoms with Gasteiger partial charge in [0.05, 0.1) is 6.04 Å². The highest BCUT2D eigenvalue weighted by molar-refractivity contribution is 7.98. The van der Waals surface area contributed by atoms with E-state index in [2.05, 4.69) is 0 Å². The highest BCUT2D eigenvalue weighted by Crippen LogP contribution is 2.09. The van der Waals surface area contributed by atoms with Crippen LogP contribution in [0.2, 0.25) is 0 Å². The Bertz CT molecular complexity index is 453. The predicted octanol–water partition coefficient (Wildman–Crippen LogP) is 0.971. The number of primary amides is 1. The summed E-state index contributed by atoms with van der Waals surface area (Å²) in [6, 6.07) is 9.10. The molecule has 1 atom stereocenters. The summed E-state index contributed by atoms with van der Waals surface area (Å²) < 4.78 is 0. The maximum absolute atomic E-state index is 12.4. The zero-order valence-corrected chi connectivity index (χ0v) is 13.1. The van der Waals surface area contributed by atoms with Gasteiger partial charge in [0.1, 0.15) is 0 Å².